The zero-order valence-electron chi connectivity index (χ0n) is 7.33. The van der Waals surface area contributed by atoms with Gasteiger partial charge in [0.1, 0.15) is 0 Å². The molecule has 0 bridgehead atoms. The molecule has 0 radical (unpaired) electrons. The predicted octanol–water partition coefficient (Wildman–Crippen LogP) is 2.89. The topological polar surface area (TPSA) is 4.41 Å². The average Bonchev–Trinajstić information content (AvgIpc) is 2.53. The molecule has 0 aromatic carbocycles. The molecule has 2 aromatic heterocycles. The SMILES string of the molecule is CCCc1cccn2cccc12. The molecule has 0 spiro atoms. The van der Waals surface area contributed by atoms with E-state index in [0.29, 0.717) is 0 Å². The summed E-state index contributed by atoms with van der Waals surface area (Å²) in [5.74, 6) is 0. The maximum atomic E-state index is 2.21. The van der Waals surface area contributed by atoms with Crippen molar-refractivity contribution in [2.75, 3.05) is 0 Å². The molecule has 0 saturated heterocycles. The van der Waals surface area contributed by atoms with Crippen LogP contribution in [0.2, 0.25) is 0 Å². The molecule has 0 aliphatic carbocycles. The first-order valence-corrected chi connectivity index (χ1v) is 4.46. The maximum Gasteiger partial charge on any atom is 0.0481 e. The average molecular weight is 159 g/mol. The zero-order chi connectivity index (χ0) is 8.39. The van der Waals surface area contributed by atoms with Gasteiger partial charge in [-0.15, -0.1) is 0 Å². The van der Waals surface area contributed by atoms with Crippen LogP contribution in [0.25, 0.3) is 5.52 Å². The number of aromatic nitrogens is 1. The van der Waals surface area contributed by atoms with Gasteiger partial charge in [0.25, 0.3) is 0 Å². The van der Waals surface area contributed by atoms with Crippen LogP contribution in [0.4, 0.5) is 0 Å². The quantitative estimate of drug-likeness (QED) is 0.634. The second kappa shape index (κ2) is 3.02. The summed E-state index contributed by atoms with van der Waals surface area (Å²) in [4.78, 5) is 0. The van der Waals surface area contributed by atoms with E-state index in [9.17, 15) is 0 Å². The minimum atomic E-state index is 1.17. The van der Waals surface area contributed by atoms with E-state index < -0.39 is 0 Å². The van der Waals surface area contributed by atoms with Crippen LogP contribution in [0.15, 0.2) is 36.7 Å². The van der Waals surface area contributed by atoms with Gasteiger partial charge < -0.3 is 4.40 Å². The molecule has 2 aromatic rings. The number of fused-ring (bicyclic) bond motifs is 1. The smallest absolute Gasteiger partial charge is 0.0481 e. The number of rotatable bonds is 2. The predicted molar refractivity (Wildman–Crippen MR) is 51.4 cm³/mol. The number of pyridine rings is 1. The number of hydrogen-bond acceptors (Lipinski definition) is 0. The van der Waals surface area contributed by atoms with Crippen molar-refractivity contribution in [1.82, 2.24) is 4.40 Å². The van der Waals surface area contributed by atoms with Gasteiger partial charge >= 0.3 is 0 Å². The lowest BCUT2D eigenvalue weighted by Gasteiger charge is -2.01. The molecule has 0 atom stereocenters. The molecule has 0 unspecified atom stereocenters. The van der Waals surface area contributed by atoms with Crippen molar-refractivity contribution < 1.29 is 0 Å². The van der Waals surface area contributed by atoms with E-state index >= 15 is 0 Å². The molecule has 0 fully saturated rings. The Hall–Kier alpha value is -1.24. The van der Waals surface area contributed by atoms with Crippen molar-refractivity contribution in [2.45, 2.75) is 19.8 Å². The summed E-state index contributed by atoms with van der Waals surface area (Å²) in [6.07, 6.45) is 6.57. The fourth-order valence-electron chi connectivity index (χ4n) is 1.61. The Bertz CT molecular complexity index is 373. The molecule has 0 N–H and O–H groups in total. The van der Waals surface area contributed by atoms with Crippen LogP contribution < -0.4 is 0 Å². The highest BCUT2D eigenvalue weighted by atomic mass is 14.8. The number of nitrogens with zero attached hydrogens (tertiary/aromatic N) is 1. The third-order valence-electron chi connectivity index (χ3n) is 2.17. The summed E-state index contributed by atoms with van der Waals surface area (Å²) < 4.78 is 2.17. The Kier molecular flexibility index (Phi) is 1.86. The fourth-order valence-corrected chi connectivity index (χ4v) is 1.61. The normalized spacial score (nSPS) is 10.8. The van der Waals surface area contributed by atoms with E-state index in [1.54, 1.807) is 0 Å². The highest BCUT2D eigenvalue weighted by Crippen LogP contribution is 2.12. The molecule has 62 valence electrons. The lowest BCUT2D eigenvalue weighted by molar-refractivity contribution is 0.920. The molecule has 2 heterocycles. The minimum absolute atomic E-state index is 1.17. The van der Waals surface area contributed by atoms with Crippen LogP contribution in [0.5, 0.6) is 0 Å². The molecule has 0 aliphatic rings. The highest BCUT2D eigenvalue weighted by molar-refractivity contribution is 5.55. The summed E-state index contributed by atoms with van der Waals surface area (Å²) in [5.41, 5.74) is 2.80. The molecular weight excluding hydrogens is 146 g/mol. The Morgan fingerprint density at radius 2 is 1.92 bits per heavy atom. The van der Waals surface area contributed by atoms with Crippen molar-refractivity contribution >= 4 is 5.52 Å². The summed E-state index contributed by atoms with van der Waals surface area (Å²) in [7, 11) is 0. The van der Waals surface area contributed by atoms with Gasteiger partial charge in [-0.3, -0.25) is 0 Å². The minimum Gasteiger partial charge on any atom is -0.324 e. The number of hydrogen-bond donors (Lipinski definition) is 0. The Morgan fingerprint density at radius 3 is 2.67 bits per heavy atom. The summed E-state index contributed by atoms with van der Waals surface area (Å²) >= 11 is 0. The summed E-state index contributed by atoms with van der Waals surface area (Å²) in [6.45, 7) is 2.21. The Labute approximate surface area is 72.6 Å². The van der Waals surface area contributed by atoms with Gasteiger partial charge in [0.15, 0.2) is 0 Å². The monoisotopic (exact) mass is 159 g/mol. The molecule has 12 heavy (non-hydrogen) atoms. The van der Waals surface area contributed by atoms with Gasteiger partial charge in [-0.25, -0.2) is 0 Å². The Morgan fingerprint density at radius 1 is 1.17 bits per heavy atom. The van der Waals surface area contributed by atoms with Gasteiger partial charge in [-0.05, 0) is 30.2 Å². The van der Waals surface area contributed by atoms with Crippen LogP contribution in [-0.4, -0.2) is 4.40 Å². The van der Waals surface area contributed by atoms with Crippen LogP contribution in [0.3, 0.4) is 0 Å². The van der Waals surface area contributed by atoms with Crippen molar-refractivity contribution in [3.63, 3.8) is 0 Å². The van der Waals surface area contributed by atoms with E-state index in [2.05, 4.69) is 48.0 Å². The maximum absolute atomic E-state index is 2.21. The third-order valence-corrected chi connectivity index (χ3v) is 2.17. The van der Waals surface area contributed by atoms with E-state index in [0.717, 1.165) is 0 Å². The van der Waals surface area contributed by atoms with E-state index in [-0.39, 0.29) is 0 Å². The van der Waals surface area contributed by atoms with E-state index in [4.69, 9.17) is 0 Å². The van der Waals surface area contributed by atoms with Gasteiger partial charge in [-0.2, -0.15) is 0 Å². The van der Waals surface area contributed by atoms with Gasteiger partial charge in [0.2, 0.25) is 0 Å². The first kappa shape index (κ1) is 7.41. The van der Waals surface area contributed by atoms with Crippen molar-refractivity contribution in [1.29, 1.82) is 0 Å². The summed E-state index contributed by atoms with van der Waals surface area (Å²) in [6, 6.07) is 8.58. The van der Waals surface area contributed by atoms with Crippen molar-refractivity contribution in [3.8, 4) is 0 Å². The zero-order valence-corrected chi connectivity index (χ0v) is 7.33. The molecule has 0 amide bonds. The molecule has 1 nitrogen and oxygen atoms in total. The Balaban J connectivity index is 2.57. The first-order valence-electron chi connectivity index (χ1n) is 4.46. The largest absolute Gasteiger partial charge is 0.324 e. The standard InChI is InChI=1S/C11H13N/c1-2-5-10-6-3-8-12-9-4-7-11(10)12/h3-4,6-9H,2,5H2,1H3. The fraction of sp³-hybridized carbons (Fsp3) is 0.273. The van der Waals surface area contributed by atoms with Gasteiger partial charge in [0.05, 0.1) is 0 Å². The lowest BCUT2D eigenvalue weighted by Crippen LogP contribution is -1.88. The number of aryl methyl sites for hydroxylation is 1. The molecule has 0 aliphatic heterocycles. The van der Waals surface area contributed by atoms with Gasteiger partial charge in [0, 0.05) is 17.9 Å². The van der Waals surface area contributed by atoms with Gasteiger partial charge in [-0.1, -0.05) is 19.4 Å². The van der Waals surface area contributed by atoms with Crippen molar-refractivity contribution in [3.05, 3.63) is 42.2 Å². The van der Waals surface area contributed by atoms with E-state index in [1.165, 1.54) is 23.9 Å². The molecular formula is C11H13N. The second-order valence-corrected chi connectivity index (χ2v) is 3.08. The molecule has 2 rings (SSSR count). The lowest BCUT2D eigenvalue weighted by atomic mass is 10.1. The van der Waals surface area contributed by atoms with Crippen LogP contribution in [-0.2, 0) is 6.42 Å². The van der Waals surface area contributed by atoms with Crippen LogP contribution in [0.1, 0.15) is 18.9 Å². The first-order chi connectivity index (χ1) is 5.92. The third kappa shape index (κ3) is 1.11. The van der Waals surface area contributed by atoms with Crippen LogP contribution in [0, 0.1) is 0 Å². The van der Waals surface area contributed by atoms with Crippen LogP contribution >= 0.6 is 0 Å². The van der Waals surface area contributed by atoms with Crippen molar-refractivity contribution in [2.24, 2.45) is 0 Å². The molecule has 1 heteroatoms. The molecule has 0 saturated carbocycles. The highest BCUT2D eigenvalue weighted by Gasteiger charge is 1.97. The van der Waals surface area contributed by atoms with E-state index in [1.807, 2.05) is 0 Å². The second-order valence-electron chi connectivity index (χ2n) is 3.08. The summed E-state index contributed by atoms with van der Waals surface area (Å²) in [5, 5.41) is 0.